The fourth-order valence-corrected chi connectivity index (χ4v) is 1.93. The van der Waals surface area contributed by atoms with E-state index in [4.69, 9.17) is 15.9 Å². The van der Waals surface area contributed by atoms with E-state index in [0.717, 1.165) is 12.8 Å². The summed E-state index contributed by atoms with van der Waals surface area (Å²) in [5.41, 5.74) is 5.29. The van der Waals surface area contributed by atoms with Gasteiger partial charge < -0.3 is 4.74 Å². The highest BCUT2D eigenvalue weighted by Crippen LogP contribution is 2.25. The molecule has 4 nitrogen and oxygen atoms in total. The second-order valence-electron chi connectivity index (χ2n) is 3.11. The molecule has 0 aromatic carbocycles. The zero-order valence-corrected chi connectivity index (χ0v) is 8.47. The van der Waals surface area contributed by atoms with Crippen LogP contribution in [-0.2, 0) is 9.53 Å². The van der Waals surface area contributed by atoms with Crippen molar-refractivity contribution >= 4 is 22.9 Å². The van der Waals surface area contributed by atoms with Gasteiger partial charge in [0.2, 0.25) is 0 Å². The van der Waals surface area contributed by atoms with Crippen molar-refractivity contribution in [2.24, 2.45) is 11.7 Å². The number of carbonyl (C=O) groups is 1. The Bertz CT molecular complexity index is 220. The smallest absolute Gasteiger partial charge is 0.309 e. The molecule has 1 aliphatic rings. The van der Waals surface area contributed by atoms with Crippen molar-refractivity contribution in [3.05, 3.63) is 0 Å². The number of ether oxygens (including phenoxy) is 1. The second kappa shape index (κ2) is 4.50. The summed E-state index contributed by atoms with van der Waals surface area (Å²) in [5, 5.41) is 5.62. The maximum Gasteiger partial charge on any atom is 0.309 e. The Labute approximate surface area is 81.7 Å². The summed E-state index contributed by atoms with van der Waals surface area (Å²) < 4.78 is 5.13. The van der Waals surface area contributed by atoms with Crippen molar-refractivity contribution < 1.29 is 14.9 Å². The van der Waals surface area contributed by atoms with Crippen LogP contribution in [-0.4, -0.2) is 23.0 Å². The first-order valence-corrected chi connectivity index (χ1v) is 5.33. The summed E-state index contributed by atoms with van der Waals surface area (Å²) in [6.07, 6.45) is 1.64. The average molecular weight is 203 g/mol. The predicted molar refractivity (Wildman–Crippen MR) is 51.9 cm³/mol. The first-order valence-electron chi connectivity index (χ1n) is 4.34. The number of amidine groups is 1. The number of carbonyl (C=O) groups excluding carboxylic acids is 1. The van der Waals surface area contributed by atoms with Gasteiger partial charge in [-0.05, 0) is 24.6 Å². The first kappa shape index (κ1) is 10.4. The summed E-state index contributed by atoms with van der Waals surface area (Å²) in [7, 11) is 0. The van der Waals surface area contributed by atoms with Crippen LogP contribution in [0.4, 0.5) is 0 Å². The van der Waals surface area contributed by atoms with E-state index in [0.29, 0.717) is 10.9 Å². The molecule has 0 amide bonds. The third-order valence-electron chi connectivity index (χ3n) is 2.09. The van der Waals surface area contributed by atoms with Gasteiger partial charge in [0.1, 0.15) is 6.10 Å². The van der Waals surface area contributed by atoms with Crippen LogP contribution in [0.1, 0.15) is 19.8 Å². The normalized spacial score (nSPS) is 27.3. The van der Waals surface area contributed by atoms with Crippen molar-refractivity contribution in [1.29, 1.82) is 0 Å². The van der Waals surface area contributed by atoms with Crippen LogP contribution in [0.15, 0.2) is 0 Å². The molecule has 2 atom stereocenters. The van der Waals surface area contributed by atoms with Gasteiger partial charge in [-0.15, -0.1) is 0 Å². The molecule has 0 saturated carbocycles. The summed E-state index contributed by atoms with van der Waals surface area (Å²) in [4.78, 5) is 11.2. The lowest BCUT2D eigenvalue weighted by Crippen LogP contribution is -2.43. The van der Waals surface area contributed by atoms with Crippen molar-refractivity contribution in [2.45, 2.75) is 25.9 Å². The lowest BCUT2D eigenvalue weighted by molar-refractivity contribution is -0.143. The van der Waals surface area contributed by atoms with Gasteiger partial charge in [0.15, 0.2) is 0 Å². The molecular formula is C8H15N2O2S+. The molecule has 0 radical (unpaired) electrons. The molecule has 2 unspecified atom stereocenters. The summed E-state index contributed by atoms with van der Waals surface area (Å²) in [6, 6.07) is 0. The highest BCUT2D eigenvalue weighted by molar-refractivity contribution is 8.13. The Morgan fingerprint density at radius 2 is 2.54 bits per heavy atom. The van der Waals surface area contributed by atoms with E-state index in [2.05, 4.69) is 0 Å². The van der Waals surface area contributed by atoms with Crippen molar-refractivity contribution in [3.63, 3.8) is 0 Å². The van der Waals surface area contributed by atoms with Crippen molar-refractivity contribution in [3.8, 4) is 0 Å². The lowest BCUT2D eigenvalue weighted by atomic mass is 10.0. The molecule has 1 fully saturated rings. The second-order valence-corrected chi connectivity index (χ2v) is 4.21. The van der Waals surface area contributed by atoms with Gasteiger partial charge >= 0.3 is 5.97 Å². The molecule has 4 N–H and O–H groups in total. The number of nitrogens with two attached hydrogens (primary N) is 2. The van der Waals surface area contributed by atoms with E-state index in [9.17, 15) is 4.79 Å². The fraction of sp³-hybridized carbons (Fsp3) is 0.750. The monoisotopic (exact) mass is 203 g/mol. The highest BCUT2D eigenvalue weighted by atomic mass is 32.2. The third-order valence-corrected chi connectivity index (χ3v) is 2.96. The summed E-state index contributed by atoms with van der Waals surface area (Å²) in [6.45, 7) is 1.99. The molecule has 1 aliphatic heterocycles. The average Bonchev–Trinajstić information content (AvgIpc) is 2.43. The van der Waals surface area contributed by atoms with Gasteiger partial charge in [0.25, 0.3) is 5.17 Å². The molecule has 5 heteroatoms. The molecule has 13 heavy (non-hydrogen) atoms. The van der Waals surface area contributed by atoms with Crippen LogP contribution >= 0.6 is 11.8 Å². The predicted octanol–water partition coefficient (Wildman–Crippen LogP) is -0.865. The topological polar surface area (TPSA) is 77.9 Å². The van der Waals surface area contributed by atoms with Crippen LogP contribution in [0.5, 0.6) is 0 Å². The standard InChI is InChI=1S/C8H14N2O2S/c1-2-5-3-6(12-7(5)11)4-13-8(9)10/h5-6H,2-4H2,1H3,(H3,9,10)/p+1. The van der Waals surface area contributed by atoms with E-state index < -0.39 is 0 Å². The zero-order chi connectivity index (χ0) is 9.84. The first-order chi connectivity index (χ1) is 6.13. The minimum absolute atomic E-state index is 0.00968. The van der Waals surface area contributed by atoms with E-state index in [1.165, 1.54) is 11.8 Å². The zero-order valence-electron chi connectivity index (χ0n) is 7.66. The van der Waals surface area contributed by atoms with E-state index in [1.807, 2.05) is 6.92 Å². The summed E-state index contributed by atoms with van der Waals surface area (Å²) in [5.74, 6) is 0.665. The Morgan fingerprint density at radius 1 is 1.85 bits per heavy atom. The number of rotatable bonds is 3. The van der Waals surface area contributed by atoms with E-state index >= 15 is 0 Å². The molecule has 1 rings (SSSR count). The van der Waals surface area contributed by atoms with E-state index in [1.54, 1.807) is 0 Å². The fourth-order valence-electron chi connectivity index (χ4n) is 1.35. The number of hydrogen-bond acceptors (Lipinski definition) is 3. The van der Waals surface area contributed by atoms with Crippen LogP contribution in [0, 0.1) is 5.92 Å². The molecule has 1 heterocycles. The number of cyclic esters (lactones) is 1. The lowest BCUT2D eigenvalue weighted by Gasteiger charge is -2.04. The van der Waals surface area contributed by atoms with Crippen molar-refractivity contribution in [2.75, 3.05) is 5.75 Å². The maximum atomic E-state index is 11.2. The minimum atomic E-state index is -0.0799. The van der Waals surface area contributed by atoms with Gasteiger partial charge in [-0.25, -0.2) is 0 Å². The minimum Gasteiger partial charge on any atom is -0.461 e. The van der Waals surface area contributed by atoms with Crippen LogP contribution in [0.2, 0.25) is 0 Å². The molecular weight excluding hydrogens is 188 g/mol. The van der Waals surface area contributed by atoms with Gasteiger partial charge in [0, 0.05) is 5.75 Å². The Hall–Kier alpha value is -0.710. The van der Waals surface area contributed by atoms with Gasteiger partial charge in [-0.2, -0.15) is 0 Å². The van der Waals surface area contributed by atoms with Gasteiger partial charge in [-0.3, -0.25) is 15.9 Å². The molecule has 0 spiro atoms. The van der Waals surface area contributed by atoms with Crippen molar-refractivity contribution in [1.82, 2.24) is 0 Å². The molecule has 74 valence electrons. The van der Waals surface area contributed by atoms with Gasteiger partial charge in [0.05, 0.1) is 5.92 Å². The Morgan fingerprint density at radius 3 is 3.00 bits per heavy atom. The molecule has 0 aromatic rings. The van der Waals surface area contributed by atoms with Crippen LogP contribution in [0.3, 0.4) is 0 Å². The SMILES string of the molecule is CCC1CC(CSC(N)=[NH2+])OC1=O. The van der Waals surface area contributed by atoms with Crippen LogP contribution in [0.25, 0.3) is 0 Å². The number of thioether (sulfide) groups is 1. The van der Waals surface area contributed by atoms with Gasteiger partial charge in [-0.1, -0.05) is 6.92 Å². The molecule has 0 aromatic heterocycles. The maximum absolute atomic E-state index is 11.2. The third kappa shape index (κ3) is 2.91. The number of esters is 1. The quantitative estimate of drug-likeness (QED) is 0.355. The Balaban J connectivity index is 2.31. The molecule has 0 bridgehead atoms. The number of hydrogen-bond donors (Lipinski definition) is 2. The summed E-state index contributed by atoms with van der Waals surface area (Å²) >= 11 is 1.34. The molecule has 1 saturated heterocycles. The Kier molecular flexibility index (Phi) is 3.59. The largest absolute Gasteiger partial charge is 0.461 e. The van der Waals surface area contributed by atoms with Crippen LogP contribution < -0.4 is 11.1 Å². The molecule has 0 aliphatic carbocycles. The van der Waals surface area contributed by atoms with E-state index in [-0.39, 0.29) is 18.0 Å². The highest BCUT2D eigenvalue weighted by Gasteiger charge is 2.33.